The van der Waals surface area contributed by atoms with Crippen molar-refractivity contribution in [3.05, 3.63) is 0 Å². The summed E-state index contributed by atoms with van der Waals surface area (Å²) in [6, 6.07) is 0. The average molecular weight is 182 g/mol. The Hall–Kier alpha value is 0.896. The molecule has 0 fully saturated rings. The molecule has 0 aliphatic rings. The van der Waals surface area contributed by atoms with Gasteiger partial charge in [0, 0.05) is 0 Å². The quantitative estimate of drug-likeness (QED) is 0.348. The molecular formula is H2AlNNiO3S+4. The molecule has 0 aromatic rings. The molecule has 0 heterocycles. The molecule has 0 unspecified atom stereocenters. The molecule has 0 saturated carbocycles. The molecule has 0 spiro atoms. The minimum Gasteiger partial charge on any atom is -0.736 e. The Balaban J connectivity index is -0.0000000800. The minimum absolute atomic E-state index is 0. The fraction of sp³-hybridized carbons (Fsp3) is 0. The summed E-state index contributed by atoms with van der Waals surface area (Å²) in [6.07, 6.45) is 0. The van der Waals surface area contributed by atoms with E-state index in [-0.39, 0.29) is 33.9 Å². The van der Waals surface area contributed by atoms with Crippen LogP contribution in [0.25, 0.3) is 0 Å². The second kappa shape index (κ2) is 5.04. The fourth-order valence-electron chi connectivity index (χ4n) is 0. The molecule has 0 aromatic heterocycles. The van der Waals surface area contributed by atoms with Crippen LogP contribution in [0.1, 0.15) is 0 Å². The van der Waals surface area contributed by atoms with Crippen LogP contribution in [0.15, 0.2) is 0 Å². The smallest absolute Gasteiger partial charge is 0.736 e. The van der Waals surface area contributed by atoms with E-state index in [2.05, 4.69) is 5.14 Å². The van der Waals surface area contributed by atoms with E-state index in [1.54, 1.807) is 0 Å². The van der Waals surface area contributed by atoms with E-state index in [4.69, 9.17) is 13.0 Å². The summed E-state index contributed by atoms with van der Waals surface area (Å²) in [5.41, 5.74) is 0. The maximum atomic E-state index is 8.85. The van der Waals surface area contributed by atoms with Crippen LogP contribution in [0, 0.1) is 0 Å². The van der Waals surface area contributed by atoms with Crippen LogP contribution in [-0.2, 0) is 26.8 Å². The van der Waals surface area contributed by atoms with Gasteiger partial charge in [-0.3, -0.25) is 0 Å². The van der Waals surface area contributed by atoms with Crippen molar-refractivity contribution < 1.29 is 29.5 Å². The van der Waals surface area contributed by atoms with Crippen molar-refractivity contribution in [1.82, 2.24) is 0 Å². The summed E-state index contributed by atoms with van der Waals surface area (Å²) in [5, 5.41) is 3.77. The van der Waals surface area contributed by atoms with Crippen molar-refractivity contribution in [2.45, 2.75) is 0 Å². The van der Waals surface area contributed by atoms with Crippen molar-refractivity contribution in [2.24, 2.45) is 5.14 Å². The molecule has 0 radical (unpaired) electrons. The first-order valence-corrected chi connectivity index (χ1v) is 2.21. The predicted molar refractivity (Wildman–Crippen MR) is 19.6 cm³/mol. The Labute approximate surface area is 62.4 Å². The van der Waals surface area contributed by atoms with Crippen molar-refractivity contribution in [1.29, 1.82) is 0 Å². The number of rotatable bonds is 0. The van der Waals surface area contributed by atoms with E-state index in [1.165, 1.54) is 0 Å². The molecule has 0 saturated heterocycles. The number of hydrogen-bond acceptors (Lipinski definition) is 3. The van der Waals surface area contributed by atoms with E-state index in [9.17, 15) is 0 Å². The maximum Gasteiger partial charge on any atom is 3.00 e. The standard InChI is InChI=1S/Al.H3NO3S.Ni/c;1-5(2,3)4;/h;(H3,1,2,3,4);/q+3;;+2/p-1. The third-order valence-electron chi connectivity index (χ3n) is 0. The summed E-state index contributed by atoms with van der Waals surface area (Å²) in [6.45, 7) is 0. The van der Waals surface area contributed by atoms with Gasteiger partial charge in [0.15, 0.2) is 10.3 Å². The number of nitrogens with two attached hydrogens (primary N) is 1. The number of hydrogen-bond donors (Lipinski definition) is 1. The van der Waals surface area contributed by atoms with Crippen molar-refractivity contribution in [2.75, 3.05) is 0 Å². The Morgan fingerprint density at radius 3 is 1.43 bits per heavy atom. The van der Waals surface area contributed by atoms with Gasteiger partial charge < -0.3 is 4.55 Å². The molecular weight excluding hydrogens is 180 g/mol. The van der Waals surface area contributed by atoms with Gasteiger partial charge in [-0.15, -0.1) is 0 Å². The Kier molecular flexibility index (Phi) is 11.3. The molecule has 0 aliphatic heterocycles. The fourth-order valence-corrected chi connectivity index (χ4v) is 0. The normalized spacial score (nSPS) is 8.29. The van der Waals surface area contributed by atoms with E-state index in [0.717, 1.165) is 0 Å². The topological polar surface area (TPSA) is 83.2 Å². The van der Waals surface area contributed by atoms with E-state index in [0.29, 0.717) is 0 Å². The summed E-state index contributed by atoms with van der Waals surface area (Å²) >= 11 is 0. The largest absolute Gasteiger partial charge is 3.00 e. The van der Waals surface area contributed by atoms with Gasteiger partial charge in [-0.05, 0) is 0 Å². The van der Waals surface area contributed by atoms with Gasteiger partial charge in [-0.2, -0.15) is 0 Å². The van der Waals surface area contributed by atoms with Gasteiger partial charge in [0.1, 0.15) is 0 Å². The zero-order valence-corrected chi connectivity index (χ0v) is 6.06. The van der Waals surface area contributed by atoms with Crippen LogP contribution in [-0.4, -0.2) is 30.3 Å². The van der Waals surface area contributed by atoms with Crippen LogP contribution in [0.2, 0.25) is 0 Å². The molecule has 0 rings (SSSR count). The van der Waals surface area contributed by atoms with Gasteiger partial charge in [0.25, 0.3) is 0 Å². The minimum atomic E-state index is -4.42. The van der Waals surface area contributed by atoms with Gasteiger partial charge >= 0.3 is 33.9 Å². The first-order chi connectivity index (χ1) is 2.00. The molecule has 7 heavy (non-hydrogen) atoms. The molecule has 0 aliphatic carbocycles. The molecule has 4 nitrogen and oxygen atoms in total. The average Bonchev–Trinajstić information content (AvgIpc) is 0.722. The molecule has 40 valence electrons. The van der Waals surface area contributed by atoms with E-state index in [1.807, 2.05) is 0 Å². The summed E-state index contributed by atoms with van der Waals surface area (Å²) in [4.78, 5) is 0. The molecule has 0 aromatic carbocycles. The van der Waals surface area contributed by atoms with Gasteiger partial charge in [-0.25, -0.2) is 13.6 Å². The second-order valence-corrected chi connectivity index (χ2v) is 1.48. The molecule has 0 amide bonds. The first kappa shape index (κ1) is 15.7. The Morgan fingerprint density at radius 2 is 1.43 bits per heavy atom. The van der Waals surface area contributed by atoms with Gasteiger partial charge in [0.05, 0.1) is 0 Å². The second-order valence-electron chi connectivity index (χ2n) is 0.493. The first-order valence-electron chi connectivity index (χ1n) is 0.736. The van der Waals surface area contributed by atoms with Crippen LogP contribution >= 0.6 is 0 Å². The zero-order valence-electron chi connectivity index (χ0n) is 3.10. The van der Waals surface area contributed by atoms with Crippen molar-refractivity contribution in [3.8, 4) is 0 Å². The summed E-state index contributed by atoms with van der Waals surface area (Å²) in [7, 11) is -4.42. The van der Waals surface area contributed by atoms with Gasteiger partial charge in [-0.1, -0.05) is 0 Å². The molecule has 2 N–H and O–H groups in total. The monoisotopic (exact) mass is 181 g/mol. The predicted octanol–water partition coefficient (Wildman–Crippen LogP) is -1.98. The van der Waals surface area contributed by atoms with E-state index < -0.39 is 10.3 Å². The zero-order chi connectivity index (χ0) is 4.50. The molecule has 7 heteroatoms. The van der Waals surface area contributed by atoms with Gasteiger partial charge in [0.2, 0.25) is 0 Å². The summed E-state index contributed by atoms with van der Waals surface area (Å²) in [5.74, 6) is 0. The molecule has 0 bridgehead atoms. The van der Waals surface area contributed by atoms with Crippen molar-refractivity contribution in [3.63, 3.8) is 0 Å². The third kappa shape index (κ3) is 206. The maximum absolute atomic E-state index is 8.85. The Morgan fingerprint density at radius 1 is 1.43 bits per heavy atom. The van der Waals surface area contributed by atoms with Crippen molar-refractivity contribution >= 4 is 27.7 Å². The SMILES string of the molecule is NS(=O)(=O)[O-].[Al+3].[Ni+2]. The van der Waals surface area contributed by atoms with Crippen LogP contribution in [0.5, 0.6) is 0 Å². The third-order valence-corrected chi connectivity index (χ3v) is 0. The summed E-state index contributed by atoms with van der Waals surface area (Å²) < 4.78 is 26.6. The Bertz CT molecular complexity index is 98.1. The molecule has 0 atom stereocenters. The van der Waals surface area contributed by atoms with Crippen LogP contribution in [0.3, 0.4) is 0 Å². The van der Waals surface area contributed by atoms with Crippen LogP contribution < -0.4 is 5.14 Å². The van der Waals surface area contributed by atoms with Crippen LogP contribution in [0.4, 0.5) is 0 Å². The van der Waals surface area contributed by atoms with E-state index >= 15 is 0 Å².